The molecular formula is C10H14O4. The normalized spacial score (nSPS) is 12.9. The molecule has 0 amide bonds. The molecule has 0 aromatic carbocycles. The molecule has 4 nitrogen and oxygen atoms in total. The smallest absolute Gasteiger partial charge is 0.313 e. The predicted octanol–water partition coefficient (Wildman–Crippen LogP) is 1.78. The number of esters is 2. The molecule has 0 aliphatic heterocycles. The van der Waals surface area contributed by atoms with Gasteiger partial charge < -0.3 is 9.47 Å². The molecular weight excluding hydrogens is 184 g/mol. The van der Waals surface area contributed by atoms with Gasteiger partial charge in [0.2, 0.25) is 0 Å². The lowest BCUT2D eigenvalue weighted by Gasteiger charge is -1.90. The summed E-state index contributed by atoms with van der Waals surface area (Å²) < 4.78 is 8.66. The van der Waals surface area contributed by atoms with E-state index in [4.69, 9.17) is 0 Å². The highest BCUT2D eigenvalue weighted by Crippen LogP contribution is 2.29. The van der Waals surface area contributed by atoms with Crippen LogP contribution in [0.15, 0.2) is 25.7 Å². The third kappa shape index (κ3) is 7.09. The summed E-state index contributed by atoms with van der Waals surface area (Å²) in [4.78, 5) is 20.3. The standard InChI is InChI=1S/C6H8O2.C4H6O2/c1-2-8-6(7)5-3-4-5;1-3-6-4(2)5/h2,5H,1,3-4H2;3H,1H2,2H3. The molecule has 0 bridgehead atoms. The Balaban J connectivity index is 0.000000255. The molecule has 1 fully saturated rings. The topological polar surface area (TPSA) is 52.6 Å². The van der Waals surface area contributed by atoms with E-state index < -0.39 is 0 Å². The van der Waals surface area contributed by atoms with E-state index in [2.05, 4.69) is 22.6 Å². The number of carbonyl (C=O) groups is 2. The van der Waals surface area contributed by atoms with Crippen molar-refractivity contribution in [2.24, 2.45) is 5.92 Å². The van der Waals surface area contributed by atoms with Crippen LogP contribution >= 0.6 is 0 Å². The second-order valence-corrected chi connectivity index (χ2v) is 2.65. The van der Waals surface area contributed by atoms with E-state index in [9.17, 15) is 9.59 Å². The van der Waals surface area contributed by atoms with Gasteiger partial charge in [-0.25, -0.2) is 0 Å². The third-order valence-electron chi connectivity index (χ3n) is 1.36. The van der Waals surface area contributed by atoms with Gasteiger partial charge in [-0.3, -0.25) is 9.59 Å². The van der Waals surface area contributed by atoms with Crippen molar-refractivity contribution >= 4 is 11.9 Å². The zero-order valence-corrected chi connectivity index (χ0v) is 8.19. The molecule has 0 radical (unpaired) electrons. The second-order valence-electron chi connectivity index (χ2n) is 2.65. The summed E-state index contributed by atoms with van der Waals surface area (Å²) in [6.45, 7) is 7.75. The first kappa shape index (κ1) is 12.4. The van der Waals surface area contributed by atoms with Crippen LogP contribution in [0.3, 0.4) is 0 Å². The minimum atomic E-state index is -0.329. The number of rotatable bonds is 3. The van der Waals surface area contributed by atoms with E-state index in [0.29, 0.717) is 0 Å². The van der Waals surface area contributed by atoms with Crippen molar-refractivity contribution in [2.75, 3.05) is 0 Å². The molecule has 0 aromatic rings. The van der Waals surface area contributed by atoms with Crippen LogP contribution in [0.2, 0.25) is 0 Å². The van der Waals surface area contributed by atoms with Crippen molar-refractivity contribution in [2.45, 2.75) is 19.8 Å². The summed E-state index contributed by atoms with van der Waals surface area (Å²) in [5.41, 5.74) is 0. The van der Waals surface area contributed by atoms with Gasteiger partial charge >= 0.3 is 11.9 Å². The van der Waals surface area contributed by atoms with E-state index in [-0.39, 0.29) is 17.9 Å². The zero-order valence-electron chi connectivity index (χ0n) is 8.19. The fourth-order valence-corrected chi connectivity index (χ4v) is 0.615. The summed E-state index contributed by atoms with van der Waals surface area (Å²) in [6, 6.07) is 0. The highest BCUT2D eigenvalue weighted by molar-refractivity contribution is 5.75. The Morgan fingerprint density at radius 2 is 1.71 bits per heavy atom. The Hall–Kier alpha value is -1.58. The number of hydrogen-bond donors (Lipinski definition) is 0. The van der Waals surface area contributed by atoms with Crippen molar-refractivity contribution in [3.05, 3.63) is 25.7 Å². The molecule has 0 spiro atoms. The number of carbonyl (C=O) groups excluding carboxylic acids is 2. The fourth-order valence-electron chi connectivity index (χ4n) is 0.615. The van der Waals surface area contributed by atoms with Crippen molar-refractivity contribution in [1.82, 2.24) is 0 Å². The minimum Gasteiger partial charge on any atom is -0.435 e. The van der Waals surface area contributed by atoms with E-state index in [1.807, 2.05) is 0 Å². The van der Waals surface area contributed by atoms with Gasteiger partial charge in [0.15, 0.2) is 0 Å². The van der Waals surface area contributed by atoms with Crippen LogP contribution in [0.4, 0.5) is 0 Å². The molecule has 0 aromatic heterocycles. The molecule has 4 heteroatoms. The van der Waals surface area contributed by atoms with E-state index in [1.54, 1.807) is 0 Å². The highest BCUT2D eigenvalue weighted by Gasteiger charge is 2.30. The van der Waals surface area contributed by atoms with Crippen LogP contribution in [0.5, 0.6) is 0 Å². The molecule has 0 N–H and O–H groups in total. The largest absolute Gasteiger partial charge is 0.435 e. The Morgan fingerprint density at radius 3 is 1.93 bits per heavy atom. The van der Waals surface area contributed by atoms with Gasteiger partial charge in [-0.15, -0.1) is 0 Å². The average molecular weight is 198 g/mol. The number of hydrogen-bond acceptors (Lipinski definition) is 4. The van der Waals surface area contributed by atoms with Crippen LogP contribution in [0, 0.1) is 5.92 Å². The summed E-state index contributed by atoms with van der Waals surface area (Å²) in [6.07, 6.45) is 4.27. The van der Waals surface area contributed by atoms with E-state index in [1.165, 1.54) is 13.2 Å². The Bertz CT molecular complexity index is 228. The lowest BCUT2D eigenvalue weighted by Crippen LogP contribution is -2.00. The maximum atomic E-state index is 10.5. The van der Waals surface area contributed by atoms with Crippen molar-refractivity contribution in [3.8, 4) is 0 Å². The average Bonchev–Trinajstić information content (AvgIpc) is 2.87. The van der Waals surface area contributed by atoms with Gasteiger partial charge in [-0.1, -0.05) is 13.2 Å². The van der Waals surface area contributed by atoms with Gasteiger partial charge in [0.25, 0.3) is 0 Å². The van der Waals surface area contributed by atoms with Crippen LogP contribution < -0.4 is 0 Å². The Morgan fingerprint density at radius 1 is 1.21 bits per heavy atom. The first-order valence-electron chi connectivity index (χ1n) is 4.21. The maximum absolute atomic E-state index is 10.5. The summed E-state index contributed by atoms with van der Waals surface area (Å²) in [5, 5.41) is 0. The third-order valence-corrected chi connectivity index (χ3v) is 1.36. The summed E-state index contributed by atoms with van der Waals surface area (Å²) >= 11 is 0. The van der Waals surface area contributed by atoms with Crippen molar-refractivity contribution in [1.29, 1.82) is 0 Å². The molecule has 0 heterocycles. The van der Waals surface area contributed by atoms with Gasteiger partial charge in [0.05, 0.1) is 18.4 Å². The molecule has 1 saturated carbocycles. The maximum Gasteiger partial charge on any atom is 0.313 e. The minimum absolute atomic E-state index is 0.125. The molecule has 0 unspecified atom stereocenters. The zero-order chi connectivity index (χ0) is 11.0. The Labute approximate surface area is 83.2 Å². The van der Waals surface area contributed by atoms with E-state index in [0.717, 1.165) is 19.1 Å². The molecule has 1 rings (SSSR count). The van der Waals surface area contributed by atoms with Gasteiger partial charge in [-0.2, -0.15) is 0 Å². The van der Waals surface area contributed by atoms with Crippen LogP contribution in [0.25, 0.3) is 0 Å². The molecule has 0 atom stereocenters. The van der Waals surface area contributed by atoms with Crippen LogP contribution in [-0.4, -0.2) is 11.9 Å². The Kier molecular flexibility index (Phi) is 6.11. The van der Waals surface area contributed by atoms with Crippen molar-refractivity contribution < 1.29 is 19.1 Å². The summed E-state index contributed by atoms with van der Waals surface area (Å²) in [5.74, 6) is -0.266. The van der Waals surface area contributed by atoms with Gasteiger partial charge in [0, 0.05) is 6.92 Å². The molecule has 1 aliphatic rings. The first-order chi connectivity index (χ1) is 6.61. The van der Waals surface area contributed by atoms with Crippen molar-refractivity contribution in [3.63, 3.8) is 0 Å². The SMILES string of the molecule is C=COC(=O)C1CC1.C=COC(C)=O. The molecule has 1 aliphatic carbocycles. The lowest BCUT2D eigenvalue weighted by molar-refractivity contribution is -0.139. The highest BCUT2D eigenvalue weighted by atomic mass is 16.5. The summed E-state index contributed by atoms with van der Waals surface area (Å²) in [7, 11) is 0. The quantitative estimate of drug-likeness (QED) is 0.512. The van der Waals surface area contributed by atoms with Crippen LogP contribution in [-0.2, 0) is 19.1 Å². The predicted molar refractivity (Wildman–Crippen MR) is 51.0 cm³/mol. The molecule has 0 saturated heterocycles. The molecule has 78 valence electrons. The first-order valence-corrected chi connectivity index (χ1v) is 4.21. The number of ether oxygens (including phenoxy) is 2. The fraction of sp³-hybridized carbons (Fsp3) is 0.400. The van der Waals surface area contributed by atoms with Crippen LogP contribution in [0.1, 0.15) is 19.8 Å². The monoisotopic (exact) mass is 198 g/mol. The van der Waals surface area contributed by atoms with Gasteiger partial charge in [-0.05, 0) is 12.8 Å². The lowest BCUT2D eigenvalue weighted by atomic mass is 10.4. The molecule has 14 heavy (non-hydrogen) atoms. The van der Waals surface area contributed by atoms with Gasteiger partial charge in [0.1, 0.15) is 0 Å². The second kappa shape index (κ2) is 6.88. The van der Waals surface area contributed by atoms with E-state index >= 15 is 0 Å².